The highest BCUT2D eigenvalue weighted by Gasteiger charge is 2.25. The summed E-state index contributed by atoms with van der Waals surface area (Å²) in [6.45, 7) is 8.00. The molecule has 0 bridgehead atoms. The molecule has 2 heterocycles. The van der Waals surface area contributed by atoms with Gasteiger partial charge in [-0.05, 0) is 40.2 Å². The number of hydrogen-bond acceptors (Lipinski definition) is 3. The average molecular weight is 319 g/mol. The van der Waals surface area contributed by atoms with E-state index in [1.807, 2.05) is 39.8 Å². The van der Waals surface area contributed by atoms with Crippen LogP contribution in [0.2, 0.25) is 0 Å². The monoisotopic (exact) mass is 319 g/mol. The zero-order valence-electron chi connectivity index (χ0n) is 14.1. The lowest BCUT2D eigenvalue weighted by molar-refractivity contribution is 0.0517. The van der Waals surface area contributed by atoms with Crippen LogP contribution in [0, 0.1) is 0 Å². The van der Waals surface area contributed by atoms with Crippen molar-refractivity contribution in [2.75, 3.05) is 6.54 Å². The van der Waals surface area contributed by atoms with E-state index in [9.17, 15) is 9.59 Å². The normalized spacial score (nSPS) is 19.1. The van der Waals surface area contributed by atoms with Crippen LogP contribution >= 0.6 is 0 Å². The third kappa shape index (κ3) is 4.87. The van der Waals surface area contributed by atoms with E-state index in [2.05, 4.69) is 15.6 Å². The van der Waals surface area contributed by atoms with E-state index >= 15 is 0 Å². The topological polar surface area (TPSA) is 83.2 Å². The number of allylic oxidation sites excluding steroid dienone is 1. The van der Waals surface area contributed by atoms with Crippen LogP contribution in [-0.4, -0.2) is 35.2 Å². The minimum Gasteiger partial charge on any atom is -0.444 e. The standard InChI is InChI=1S/C17H25N3O3/c1-11(20-16(22)23-17(2,3)4)6-5-7-12-10-19-15(21)13-8-9-18-14(12)13/h5-6,8-9,11-12,18H,7,10H2,1-4H3,(H,19,21)(H,20,22). The fourth-order valence-corrected chi connectivity index (χ4v) is 2.52. The van der Waals surface area contributed by atoms with E-state index in [4.69, 9.17) is 4.74 Å². The van der Waals surface area contributed by atoms with E-state index in [0.717, 1.165) is 17.7 Å². The molecular weight excluding hydrogens is 294 g/mol. The number of carbonyl (C=O) groups is 2. The van der Waals surface area contributed by atoms with Crippen LogP contribution < -0.4 is 10.6 Å². The summed E-state index contributed by atoms with van der Waals surface area (Å²) < 4.78 is 5.22. The van der Waals surface area contributed by atoms with Crippen molar-refractivity contribution < 1.29 is 14.3 Å². The summed E-state index contributed by atoms with van der Waals surface area (Å²) in [7, 11) is 0. The number of ether oxygens (including phenoxy) is 1. The molecule has 126 valence electrons. The molecular formula is C17H25N3O3. The van der Waals surface area contributed by atoms with Gasteiger partial charge >= 0.3 is 6.09 Å². The lowest BCUT2D eigenvalue weighted by Crippen LogP contribution is -2.36. The second-order valence-electron chi connectivity index (χ2n) is 6.81. The molecule has 1 aliphatic heterocycles. The van der Waals surface area contributed by atoms with Crippen molar-refractivity contribution in [1.29, 1.82) is 0 Å². The third-order valence-corrected chi connectivity index (χ3v) is 3.53. The molecule has 0 saturated carbocycles. The maximum absolute atomic E-state index is 11.7. The molecule has 0 fully saturated rings. The molecule has 2 unspecified atom stereocenters. The van der Waals surface area contributed by atoms with Crippen LogP contribution in [0.25, 0.3) is 0 Å². The van der Waals surface area contributed by atoms with Gasteiger partial charge in [0.05, 0.1) is 5.56 Å². The molecule has 2 atom stereocenters. The molecule has 1 aromatic rings. The van der Waals surface area contributed by atoms with Gasteiger partial charge in [0.1, 0.15) is 5.60 Å². The predicted molar refractivity (Wildman–Crippen MR) is 88.5 cm³/mol. The van der Waals surface area contributed by atoms with Gasteiger partial charge in [-0.1, -0.05) is 12.2 Å². The van der Waals surface area contributed by atoms with Gasteiger partial charge < -0.3 is 20.4 Å². The van der Waals surface area contributed by atoms with E-state index < -0.39 is 11.7 Å². The minimum absolute atomic E-state index is 0.0264. The summed E-state index contributed by atoms with van der Waals surface area (Å²) in [4.78, 5) is 26.5. The number of alkyl carbamates (subject to hydrolysis) is 1. The van der Waals surface area contributed by atoms with Crippen LogP contribution in [0.15, 0.2) is 24.4 Å². The number of carbonyl (C=O) groups excluding carboxylic acids is 2. The molecule has 23 heavy (non-hydrogen) atoms. The number of fused-ring (bicyclic) bond motifs is 1. The van der Waals surface area contributed by atoms with Crippen molar-refractivity contribution in [1.82, 2.24) is 15.6 Å². The Hall–Kier alpha value is -2.24. The Morgan fingerprint density at radius 3 is 2.96 bits per heavy atom. The quantitative estimate of drug-likeness (QED) is 0.746. The van der Waals surface area contributed by atoms with E-state index in [0.29, 0.717) is 6.54 Å². The van der Waals surface area contributed by atoms with Crippen LogP contribution in [0.3, 0.4) is 0 Å². The second-order valence-corrected chi connectivity index (χ2v) is 6.81. The van der Waals surface area contributed by atoms with Crippen LogP contribution in [-0.2, 0) is 4.74 Å². The van der Waals surface area contributed by atoms with Crippen molar-refractivity contribution in [3.8, 4) is 0 Å². The Kier molecular flexibility index (Phi) is 5.13. The fraction of sp³-hybridized carbons (Fsp3) is 0.529. The van der Waals surface area contributed by atoms with Gasteiger partial charge in [-0.2, -0.15) is 0 Å². The Balaban J connectivity index is 1.84. The Morgan fingerprint density at radius 2 is 2.26 bits per heavy atom. The maximum Gasteiger partial charge on any atom is 0.408 e. The molecule has 3 N–H and O–H groups in total. The summed E-state index contributed by atoms with van der Waals surface area (Å²) >= 11 is 0. The Morgan fingerprint density at radius 1 is 1.52 bits per heavy atom. The van der Waals surface area contributed by atoms with E-state index in [-0.39, 0.29) is 17.9 Å². The molecule has 2 rings (SSSR count). The highest BCUT2D eigenvalue weighted by Crippen LogP contribution is 2.25. The molecule has 0 spiro atoms. The molecule has 0 radical (unpaired) electrons. The molecule has 1 aromatic heterocycles. The zero-order chi connectivity index (χ0) is 17.0. The van der Waals surface area contributed by atoms with Crippen molar-refractivity contribution >= 4 is 12.0 Å². The SMILES string of the molecule is CC(C=CCC1CNC(=O)c2cc[nH]c21)NC(=O)OC(C)(C)C. The summed E-state index contributed by atoms with van der Waals surface area (Å²) in [6.07, 6.45) is 6.11. The van der Waals surface area contributed by atoms with E-state index in [1.54, 1.807) is 12.3 Å². The summed E-state index contributed by atoms with van der Waals surface area (Å²) in [5, 5.41) is 5.66. The van der Waals surface area contributed by atoms with Crippen LogP contribution in [0.4, 0.5) is 4.79 Å². The summed E-state index contributed by atoms with van der Waals surface area (Å²) in [6, 6.07) is 1.68. The van der Waals surface area contributed by atoms with Gasteiger partial charge in [0.2, 0.25) is 0 Å². The molecule has 0 aromatic carbocycles. The average Bonchev–Trinajstić information content (AvgIpc) is 2.89. The Labute approximate surface area is 136 Å². The maximum atomic E-state index is 11.7. The van der Waals surface area contributed by atoms with Crippen molar-refractivity contribution in [2.24, 2.45) is 0 Å². The first-order valence-corrected chi connectivity index (χ1v) is 7.88. The number of nitrogens with one attached hydrogen (secondary N) is 3. The lowest BCUT2D eigenvalue weighted by atomic mass is 9.94. The van der Waals surface area contributed by atoms with Gasteiger partial charge in [-0.25, -0.2) is 4.79 Å². The molecule has 6 heteroatoms. The van der Waals surface area contributed by atoms with E-state index in [1.165, 1.54) is 0 Å². The first-order valence-electron chi connectivity index (χ1n) is 7.88. The lowest BCUT2D eigenvalue weighted by Gasteiger charge is -2.22. The largest absolute Gasteiger partial charge is 0.444 e. The number of rotatable bonds is 4. The number of H-pyrrole nitrogens is 1. The first-order chi connectivity index (χ1) is 10.8. The van der Waals surface area contributed by atoms with Crippen molar-refractivity contribution in [3.05, 3.63) is 35.7 Å². The minimum atomic E-state index is -0.502. The zero-order valence-corrected chi connectivity index (χ0v) is 14.1. The number of amides is 2. The van der Waals surface area contributed by atoms with Crippen molar-refractivity contribution in [3.63, 3.8) is 0 Å². The van der Waals surface area contributed by atoms with Gasteiger partial charge in [0, 0.05) is 30.4 Å². The van der Waals surface area contributed by atoms with Gasteiger partial charge in [0.25, 0.3) is 5.91 Å². The third-order valence-electron chi connectivity index (χ3n) is 3.53. The summed E-state index contributed by atoms with van der Waals surface area (Å²) in [5.74, 6) is 0.198. The molecule has 2 amide bonds. The van der Waals surface area contributed by atoms with Gasteiger partial charge in [-0.3, -0.25) is 4.79 Å². The smallest absolute Gasteiger partial charge is 0.408 e. The van der Waals surface area contributed by atoms with Crippen LogP contribution in [0.1, 0.15) is 56.1 Å². The molecule has 0 saturated heterocycles. The Bertz CT molecular complexity index is 598. The number of aromatic amines is 1. The highest BCUT2D eigenvalue weighted by molar-refractivity contribution is 5.96. The second kappa shape index (κ2) is 6.89. The van der Waals surface area contributed by atoms with Crippen molar-refractivity contribution in [2.45, 2.75) is 51.7 Å². The van der Waals surface area contributed by atoms with Gasteiger partial charge in [0.15, 0.2) is 0 Å². The number of aromatic nitrogens is 1. The molecule has 6 nitrogen and oxygen atoms in total. The summed E-state index contributed by atoms with van der Waals surface area (Å²) in [5.41, 5.74) is 1.19. The fourth-order valence-electron chi connectivity index (χ4n) is 2.52. The predicted octanol–water partition coefficient (Wildman–Crippen LogP) is 2.70. The first kappa shape index (κ1) is 17.1. The van der Waals surface area contributed by atoms with Crippen LogP contribution in [0.5, 0.6) is 0 Å². The number of hydrogen-bond donors (Lipinski definition) is 3. The van der Waals surface area contributed by atoms with Gasteiger partial charge in [-0.15, -0.1) is 0 Å². The highest BCUT2D eigenvalue weighted by atomic mass is 16.6. The molecule has 1 aliphatic rings. The molecule has 0 aliphatic carbocycles.